The number of benzene rings is 2. The van der Waals surface area contributed by atoms with Gasteiger partial charge in [-0.3, -0.25) is 4.99 Å². The standard InChI is InChI=1S/C20H24N4/c1-15-6-5-9-17-18(15)24-20(10-12-21-13-11-20)19(23-17)22-14-16-7-3-2-4-8-16/h2-9,21,24H,10-14H2,1H3,(H,22,23). The van der Waals surface area contributed by atoms with Crippen molar-refractivity contribution in [1.82, 2.24) is 5.32 Å². The Hall–Kier alpha value is -2.33. The van der Waals surface area contributed by atoms with Crippen molar-refractivity contribution in [3.05, 3.63) is 59.7 Å². The van der Waals surface area contributed by atoms with E-state index in [0.717, 1.165) is 37.5 Å². The highest BCUT2D eigenvalue weighted by molar-refractivity contribution is 6.10. The Kier molecular flexibility index (Phi) is 3.98. The number of para-hydroxylation sites is 1. The minimum atomic E-state index is -0.0842. The maximum atomic E-state index is 4.97. The van der Waals surface area contributed by atoms with Gasteiger partial charge in [0.15, 0.2) is 0 Å². The van der Waals surface area contributed by atoms with Crippen molar-refractivity contribution >= 4 is 17.2 Å². The molecule has 1 fully saturated rings. The summed E-state index contributed by atoms with van der Waals surface area (Å²) >= 11 is 0. The summed E-state index contributed by atoms with van der Waals surface area (Å²) in [5.74, 6) is 1.07. The molecule has 2 aliphatic rings. The third-order valence-corrected chi connectivity index (χ3v) is 5.06. The molecule has 24 heavy (non-hydrogen) atoms. The van der Waals surface area contributed by atoms with E-state index < -0.39 is 0 Å². The molecule has 0 aliphatic carbocycles. The number of nitrogens with zero attached hydrogens (tertiary/aromatic N) is 1. The lowest BCUT2D eigenvalue weighted by atomic mass is 9.84. The Balaban J connectivity index is 1.70. The SMILES string of the molecule is Cc1cccc2c1NC1(CCNCC1)C(=NCc1ccccc1)N2. The van der Waals surface area contributed by atoms with E-state index in [0.29, 0.717) is 6.54 Å². The van der Waals surface area contributed by atoms with Crippen LogP contribution in [0.4, 0.5) is 11.4 Å². The zero-order valence-electron chi connectivity index (χ0n) is 14.1. The van der Waals surface area contributed by atoms with Crippen LogP contribution in [0.3, 0.4) is 0 Å². The maximum absolute atomic E-state index is 4.97. The summed E-state index contributed by atoms with van der Waals surface area (Å²) in [5.41, 5.74) is 4.79. The van der Waals surface area contributed by atoms with E-state index in [1.54, 1.807) is 0 Å². The smallest absolute Gasteiger partial charge is 0.127 e. The quantitative estimate of drug-likeness (QED) is 0.793. The molecule has 0 unspecified atom stereocenters. The van der Waals surface area contributed by atoms with Gasteiger partial charge >= 0.3 is 0 Å². The second-order valence-electron chi connectivity index (χ2n) is 6.73. The van der Waals surface area contributed by atoms with Crippen molar-refractivity contribution < 1.29 is 0 Å². The van der Waals surface area contributed by atoms with Crippen LogP contribution < -0.4 is 16.0 Å². The van der Waals surface area contributed by atoms with E-state index in [1.807, 2.05) is 6.07 Å². The molecule has 3 N–H and O–H groups in total. The first-order chi connectivity index (χ1) is 11.8. The number of piperidine rings is 1. The second kappa shape index (κ2) is 6.29. The van der Waals surface area contributed by atoms with Crippen molar-refractivity contribution in [3.8, 4) is 0 Å². The van der Waals surface area contributed by atoms with Crippen LogP contribution in [0.1, 0.15) is 24.0 Å². The lowest BCUT2D eigenvalue weighted by Crippen LogP contribution is -2.58. The van der Waals surface area contributed by atoms with Gasteiger partial charge in [0.1, 0.15) is 5.84 Å². The van der Waals surface area contributed by atoms with Gasteiger partial charge in [-0.15, -0.1) is 0 Å². The number of anilines is 2. The molecule has 2 aromatic carbocycles. The average Bonchev–Trinajstić information content (AvgIpc) is 2.63. The normalized spacial score (nSPS) is 20.3. The highest BCUT2D eigenvalue weighted by Gasteiger charge is 2.41. The van der Waals surface area contributed by atoms with E-state index in [9.17, 15) is 0 Å². The van der Waals surface area contributed by atoms with Crippen molar-refractivity contribution in [3.63, 3.8) is 0 Å². The summed E-state index contributed by atoms with van der Waals surface area (Å²) in [7, 11) is 0. The molecule has 0 aromatic heterocycles. The molecule has 0 amide bonds. The molecule has 0 radical (unpaired) electrons. The highest BCUT2D eigenvalue weighted by Crippen LogP contribution is 2.37. The van der Waals surface area contributed by atoms with Gasteiger partial charge in [-0.25, -0.2) is 0 Å². The zero-order valence-corrected chi connectivity index (χ0v) is 14.1. The Morgan fingerprint density at radius 2 is 1.79 bits per heavy atom. The molecule has 4 rings (SSSR count). The van der Waals surface area contributed by atoms with Gasteiger partial charge in [0.2, 0.25) is 0 Å². The predicted octanol–water partition coefficient (Wildman–Crippen LogP) is 3.55. The lowest BCUT2D eigenvalue weighted by Gasteiger charge is -2.44. The topological polar surface area (TPSA) is 48.5 Å². The first-order valence-electron chi connectivity index (χ1n) is 8.71. The first kappa shape index (κ1) is 15.2. The van der Waals surface area contributed by atoms with Gasteiger partial charge in [-0.05, 0) is 50.0 Å². The lowest BCUT2D eigenvalue weighted by molar-refractivity contribution is 0.419. The van der Waals surface area contributed by atoms with Gasteiger partial charge in [0.25, 0.3) is 0 Å². The van der Waals surface area contributed by atoms with Crippen LogP contribution in [0, 0.1) is 6.92 Å². The van der Waals surface area contributed by atoms with E-state index in [4.69, 9.17) is 4.99 Å². The van der Waals surface area contributed by atoms with E-state index in [-0.39, 0.29) is 5.54 Å². The molecule has 2 heterocycles. The van der Waals surface area contributed by atoms with E-state index >= 15 is 0 Å². The number of fused-ring (bicyclic) bond motifs is 1. The number of aliphatic imine (C=N–C) groups is 1. The molecule has 1 saturated heterocycles. The van der Waals surface area contributed by atoms with Crippen LogP contribution in [-0.2, 0) is 6.54 Å². The summed E-state index contributed by atoms with van der Waals surface area (Å²) in [6.45, 7) is 4.90. The van der Waals surface area contributed by atoms with E-state index in [2.05, 4.69) is 65.3 Å². The molecule has 2 aliphatic heterocycles. The Morgan fingerprint density at radius 3 is 2.58 bits per heavy atom. The molecular weight excluding hydrogens is 296 g/mol. The molecule has 2 aromatic rings. The summed E-state index contributed by atoms with van der Waals surface area (Å²) in [6, 6.07) is 16.8. The van der Waals surface area contributed by atoms with Crippen molar-refractivity contribution in [2.45, 2.75) is 31.8 Å². The maximum Gasteiger partial charge on any atom is 0.127 e. The van der Waals surface area contributed by atoms with Gasteiger partial charge < -0.3 is 16.0 Å². The van der Waals surface area contributed by atoms with Crippen LogP contribution in [-0.4, -0.2) is 24.5 Å². The van der Waals surface area contributed by atoms with Crippen LogP contribution >= 0.6 is 0 Å². The number of hydrogen-bond acceptors (Lipinski definition) is 3. The molecule has 124 valence electrons. The largest absolute Gasteiger partial charge is 0.371 e. The Morgan fingerprint density at radius 1 is 1.00 bits per heavy atom. The number of aryl methyl sites for hydroxylation is 1. The third-order valence-electron chi connectivity index (χ3n) is 5.06. The number of hydrogen-bond donors (Lipinski definition) is 3. The molecule has 4 heteroatoms. The molecule has 1 spiro atoms. The fourth-order valence-electron chi connectivity index (χ4n) is 3.64. The van der Waals surface area contributed by atoms with Crippen molar-refractivity contribution in [2.24, 2.45) is 4.99 Å². The van der Waals surface area contributed by atoms with Gasteiger partial charge in [-0.2, -0.15) is 0 Å². The number of nitrogens with one attached hydrogen (secondary N) is 3. The predicted molar refractivity (Wildman–Crippen MR) is 101 cm³/mol. The zero-order chi connectivity index (χ0) is 16.4. The molecule has 4 nitrogen and oxygen atoms in total. The third kappa shape index (κ3) is 2.78. The van der Waals surface area contributed by atoms with Crippen LogP contribution in [0.15, 0.2) is 53.5 Å². The number of rotatable bonds is 2. The van der Waals surface area contributed by atoms with Crippen molar-refractivity contribution in [1.29, 1.82) is 0 Å². The Labute approximate surface area is 143 Å². The van der Waals surface area contributed by atoms with E-state index in [1.165, 1.54) is 16.8 Å². The minimum absolute atomic E-state index is 0.0842. The number of amidine groups is 1. The summed E-state index contributed by atoms with van der Waals surface area (Å²) in [4.78, 5) is 4.97. The minimum Gasteiger partial charge on any atom is -0.371 e. The fraction of sp³-hybridized carbons (Fsp3) is 0.350. The molecular formula is C20H24N4. The van der Waals surface area contributed by atoms with Crippen LogP contribution in [0.2, 0.25) is 0 Å². The first-order valence-corrected chi connectivity index (χ1v) is 8.71. The van der Waals surface area contributed by atoms with Crippen molar-refractivity contribution in [2.75, 3.05) is 23.7 Å². The summed E-state index contributed by atoms with van der Waals surface area (Å²) in [6.07, 6.45) is 2.09. The van der Waals surface area contributed by atoms with Crippen LogP contribution in [0.25, 0.3) is 0 Å². The highest BCUT2D eigenvalue weighted by atomic mass is 15.2. The molecule has 0 atom stereocenters. The second-order valence-corrected chi connectivity index (χ2v) is 6.73. The van der Waals surface area contributed by atoms with Gasteiger partial charge in [0.05, 0.1) is 23.5 Å². The van der Waals surface area contributed by atoms with Gasteiger partial charge in [-0.1, -0.05) is 42.5 Å². The monoisotopic (exact) mass is 320 g/mol. The summed E-state index contributed by atoms with van der Waals surface area (Å²) < 4.78 is 0. The van der Waals surface area contributed by atoms with Crippen LogP contribution in [0.5, 0.6) is 0 Å². The molecule has 0 saturated carbocycles. The Bertz CT molecular complexity index is 745. The average molecular weight is 320 g/mol. The summed E-state index contributed by atoms with van der Waals surface area (Å²) in [5, 5.41) is 10.9. The molecule has 0 bridgehead atoms. The fourth-order valence-corrected chi connectivity index (χ4v) is 3.64. The van der Waals surface area contributed by atoms with Gasteiger partial charge in [0, 0.05) is 0 Å².